The van der Waals surface area contributed by atoms with Crippen LogP contribution in [0.1, 0.15) is 5.56 Å². The zero-order valence-corrected chi connectivity index (χ0v) is 12.7. The van der Waals surface area contributed by atoms with Crippen molar-refractivity contribution in [1.82, 2.24) is 10.1 Å². The Bertz CT molecular complexity index is 742. The van der Waals surface area contributed by atoms with E-state index in [0.29, 0.717) is 10.4 Å². The Kier molecular flexibility index (Phi) is 4.47. The van der Waals surface area contributed by atoms with E-state index in [9.17, 15) is 20.5 Å². The number of aryl methyl sites for hydroxylation is 1. The summed E-state index contributed by atoms with van der Waals surface area (Å²) >= 11 is 0. The van der Waals surface area contributed by atoms with Crippen LogP contribution < -0.4 is 9.58 Å². The molecule has 0 amide bonds. The number of ether oxygens (including phenoxy) is 2. The van der Waals surface area contributed by atoms with Crippen molar-refractivity contribution >= 4 is 11.0 Å². The van der Waals surface area contributed by atoms with Gasteiger partial charge in [0.1, 0.15) is 29.9 Å². The molecule has 0 saturated carbocycles. The summed E-state index contributed by atoms with van der Waals surface area (Å²) in [5.74, 6) is 0. The average Bonchev–Trinajstić information content (AvgIpc) is 2.56. The molecule has 0 aliphatic carbocycles. The van der Waals surface area contributed by atoms with Gasteiger partial charge in [-0.1, -0.05) is 6.07 Å². The number of hydrogen-bond acceptors (Lipinski definition) is 9. The average molecular weight is 339 g/mol. The largest absolute Gasteiger partial charge is 0.594 e. The van der Waals surface area contributed by atoms with Gasteiger partial charge < -0.3 is 35.1 Å². The van der Waals surface area contributed by atoms with E-state index < -0.39 is 37.3 Å². The number of aliphatic hydroxyl groups excluding tert-OH is 4. The molecule has 5 atom stereocenters. The minimum absolute atomic E-state index is 0.246. The summed E-state index contributed by atoms with van der Waals surface area (Å²) in [5, 5.41) is 54.1. The highest BCUT2D eigenvalue weighted by atomic mass is 16.7. The number of aromatic nitrogens is 3. The first kappa shape index (κ1) is 16.7. The maximum absolute atomic E-state index is 12.0. The molecule has 4 N–H and O–H groups in total. The van der Waals surface area contributed by atoms with E-state index in [1.807, 2.05) is 6.92 Å². The minimum Gasteiger partial charge on any atom is -0.594 e. The fourth-order valence-electron chi connectivity index (χ4n) is 2.46. The predicted molar refractivity (Wildman–Crippen MR) is 77.6 cm³/mol. The molecule has 1 fully saturated rings. The number of aliphatic hydroxyl groups is 4. The van der Waals surface area contributed by atoms with Crippen molar-refractivity contribution in [1.29, 1.82) is 0 Å². The Hall–Kier alpha value is -2.11. The summed E-state index contributed by atoms with van der Waals surface area (Å²) in [6.07, 6.45) is -7.29. The molecule has 0 spiro atoms. The van der Waals surface area contributed by atoms with Gasteiger partial charge in [0.15, 0.2) is 0 Å². The van der Waals surface area contributed by atoms with E-state index in [0.717, 1.165) is 5.56 Å². The summed E-state index contributed by atoms with van der Waals surface area (Å²) < 4.78 is 10.4. The van der Waals surface area contributed by atoms with Gasteiger partial charge in [-0.3, -0.25) is 0 Å². The molecule has 1 aromatic carbocycles. The molecule has 0 unspecified atom stereocenters. The van der Waals surface area contributed by atoms with Gasteiger partial charge in [-0.2, -0.15) is 4.98 Å². The normalized spacial score (nSPS) is 30.5. The number of benzene rings is 1. The van der Waals surface area contributed by atoms with E-state index >= 15 is 0 Å². The lowest BCUT2D eigenvalue weighted by molar-refractivity contribution is -0.644. The molecule has 10 nitrogen and oxygen atoms in total. The van der Waals surface area contributed by atoms with Crippen LogP contribution in [0.15, 0.2) is 18.2 Å². The van der Waals surface area contributed by atoms with Crippen LogP contribution in [0.5, 0.6) is 6.01 Å². The van der Waals surface area contributed by atoms with Crippen LogP contribution in [0.25, 0.3) is 11.0 Å². The van der Waals surface area contributed by atoms with Crippen molar-refractivity contribution in [3.05, 3.63) is 29.0 Å². The fourth-order valence-corrected chi connectivity index (χ4v) is 2.46. The molecule has 2 heterocycles. The molecular formula is C14H17N3O7. The zero-order valence-electron chi connectivity index (χ0n) is 12.7. The van der Waals surface area contributed by atoms with Crippen LogP contribution in [0.4, 0.5) is 0 Å². The fraction of sp³-hybridized carbons (Fsp3) is 0.500. The second-order valence-corrected chi connectivity index (χ2v) is 5.57. The Morgan fingerprint density at radius 1 is 1.25 bits per heavy atom. The van der Waals surface area contributed by atoms with Crippen molar-refractivity contribution in [2.45, 2.75) is 37.6 Å². The van der Waals surface area contributed by atoms with Gasteiger partial charge in [-0.25, -0.2) is 0 Å². The van der Waals surface area contributed by atoms with Crippen LogP contribution in [0.2, 0.25) is 0 Å². The Morgan fingerprint density at radius 2 is 2.00 bits per heavy atom. The second-order valence-electron chi connectivity index (χ2n) is 5.57. The highest BCUT2D eigenvalue weighted by Crippen LogP contribution is 2.23. The molecule has 1 aliphatic heterocycles. The van der Waals surface area contributed by atoms with Crippen LogP contribution in [0.3, 0.4) is 0 Å². The SMILES string of the molecule is Cc1ccc2nc(O[C@@H]3O[C@H](CO)[C@@H](O)[C@H](O)[C@H]3O)n[n+]([O-])c2c1. The van der Waals surface area contributed by atoms with E-state index in [4.69, 9.17) is 14.6 Å². The number of hydrogen-bond donors (Lipinski definition) is 4. The highest BCUT2D eigenvalue weighted by molar-refractivity contribution is 5.71. The zero-order chi connectivity index (χ0) is 17.4. The molecule has 2 aromatic rings. The molecule has 130 valence electrons. The maximum atomic E-state index is 12.0. The molecule has 1 aliphatic rings. The predicted octanol–water partition coefficient (Wildman–Crippen LogP) is -2.25. The van der Waals surface area contributed by atoms with Crippen molar-refractivity contribution in [3.8, 4) is 6.01 Å². The third-order valence-corrected chi connectivity index (χ3v) is 3.80. The monoisotopic (exact) mass is 339 g/mol. The van der Waals surface area contributed by atoms with Crippen LogP contribution >= 0.6 is 0 Å². The third kappa shape index (κ3) is 2.97. The first-order valence-electron chi connectivity index (χ1n) is 7.26. The topological polar surface area (TPSA) is 152 Å². The molecule has 0 radical (unpaired) electrons. The van der Waals surface area contributed by atoms with Crippen LogP contribution in [-0.2, 0) is 4.74 Å². The molecule has 24 heavy (non-hydrogen) atoms. The van der Waals surface area contributed by atoms with Crippen molar-refractivity contribution < 1.29 is 34.7 Å². The second kappa shape index (κ2) is 6.42. The molecule has 0 bridgehead atoms. The van der Waals surface area contributed by atoms with Gasteiger partial charge in [0.25, 0.3) is 5.52 Å². The molecule has 1 aromatic heterocycles. The summed E-state index contributed by atoms with van der Waals surface area (Å²) in [5.41, 5.74) is 1.43. The van der Waals surface area contributed by atoms with Crippen LogP contribution in [0, 0.1) is 12.1 Å². The number of fused-ring (bicyclic) bond motifs is 1. The quantitative estimate of drug-likeness (QED) is 0.359. The smallest absolute Gasteiger partial charge is 0.383 e. The molecule has 1 saturated heterocycles. The Labute approximate surface area is 136 Å². The van der Waals surface area contributed by atoms with Gasteiger partial charge in [-0.05, 0) is 23.4 Å². The molecular weight excluding hydrogens is 322 g/mol. The van der Waals surface area contributed by atoms with Gasteiger partial charge in [0.2, 0.25) is 6.29 Å². The number of rotatable bonds is 3. The van der Waals surface area contributed by atoms with Gasteiger partial charge >= 0.3 is 6.01 Å². The Morgan fingerprint density at radius 3 is 2.71 bits per heavy atom. The minimum atomic E-state index is -1.61. The number of nitrogens with zero attached hydrogens (tertiary/aromatic N) is 3. The van der Waals surface area contributed by atoms with Gasteiger partial charge in [-0.15, -0.1) is 0 Å². The van der Waals surface area contributed by atoms with Crippen LogP contribution in [-0.4, -0.2) is 67.8 Å². The summed E-state index contributed by atoms with van der Waals surface area (Å²) in [6.45, 7) is 1.22. The summed E-state index contributed by atoms with van der Waals surface area (Å²) in [4.78, 5) is 4.38. The first-order chi connectivity index (χ1) is 11.4. The van der Waals surface area contributed by atoms with E-state index in [2.05, 4.69) is 10.1 Å². The lowest BCUT2D eigenvalue weighted by Gasteiger charge is -2.38. The standard InChI is InChI=1S/C14H17N3O7/c1-6-2-3-7-8(4-6)17(22)16-14(15-7)24-13-12(21)11(20)10(19)9(5-18)23-13/h2-4,9-13,18-21H,5H2,1H3/t9-,10-,11+,12-,13+/m1/s1. The maximum Gasteiger partial charge on any atom is 0.383 e. The summed E-state index contributed by atoms with van der Waals surface area (Å²) in [6, 6.07) is 4.61. The lowest BCUT2D eigenvalue weighted by atomic mass is 9.99. The molecule has 10 heteroatoms. The van der Waals surface area contributed by atoms with Gasteiger partial charge in [0, 0.05) is 6.07 Å². The van der Waals surface area contributed by atoms with E-state index in [1.54, 1.807) is 18.2 Å². The van der Waals surface area contributed by atoms with E-state index in [1.165, 1.54) is 0 Å². The van der Waals surface area contributed by atoms with Crippen molar-refractivity contribution in [2.24, 2.45) is 0 Å². The summed E-state index contributed by atoms with van der Waals surface area (Å²) in [7, 11) is 0. The van der Waals surface area contributed by atoms with Crippen molar-refractivity contribution in [3.63, 3.8) is 0 Å². The van der Waals surface area contributed by atoms with E-state index in [-0.39, 0.29) is 11.5 Å². The highest BCUT2D eigenvalue weighted by Gasteiger charge is 2.45. The first-order valence-corrected chi connectivity index (χ1v) is 7.26. The molecule has 3 rings (SSSR count). The van der Waals surface area contributed by atoms with Crippen molar-refractivity contribution in [2.75, 3.05) is 6.61 Å². The third-order valence-electron chi connectivity index (χ3n) is 3.80. The van der Waals surface area contributed by atoms with Gasteiger partial charge in [0.05, 0.1) is 11.7 Å². The lowest BCUT2D eigenvalue weighted by Crippen LogP contribution is -2.60. The Balaban J connectivity index is 1.87.